The molecular weight excluding hydrogens is 222 g/mol. The third-order valence-electron chi connectivity index (χ3n) is 2.64. The van der Waals surface area contributed by atoms with Gasteiger partial charge in [0.25, 0.3) is 0 Å². The van der Waals surface area contributed by atoms with Gasteiger partial charge in [-0.05, 0) is 25.8 Å². The second kappa shape index (κ2) is 6.27. The standard InChI is InChI=1S/C11H19N3OS/c1-2-5-12-8-11-14-13-10(16-11)7-9-4-3-6-15-9/h9,12H,2-8H2,1H3. The number of nitrogens with one attached hydrogen (secondary N) is 1. The first-order valence-electron chi connectivity index (χ1n) is 6.02. The molecule has 16 heavy (non-hydrogen) atoms. The fraction of sp³-hybridized carbons (Fsp3) is 0.818. The number of ether oxygens (including phenoxy) is 1. The average Bonchev–Trinajstić information content (AvgIpc) is 2.91. The summed E-state index contributed by atoms with van der Waals surface area (Å²) in [5.74, 6) is 0. The van der Waals surface area contributed by atoms with Crippen molar-refractivity contribution in [2.45, 2.75) is 45.3 Å². The van der Waals surface area contributed by atoms with Crippen LogP contribution in [0.25, 0.3) is 0 Å². The maximum Gasteiger partial charge on any atom is 0.131 e. The summed E-state index contributed by atoms with van der Waals surface area (Å²) in [7, 11) is 0. The first kappa shape index (κ1) is 12.0. The SMILES string of the molecule is CCCNCc1nnc(CC2CCCO2)s1. The van der Waals surface area contributed by atoms with Gasteiger partial charge >= 0.3 is 0 Å². The first-order valence-corrected chi connectivity index (χ1v) is 6.83. The molecule has 2 rings (SSSR count). The van der Waals surface area contributed by atoms with E-state index < -0.39 is 0 Å². The lowest BCUT2D eigenvalue weighted by Gasteiger charge is -2.04. The summed E-state index contributed by atoms with van der Waals surface area (Å²) in [5.41, 5.74) is 0. The van der Waals surface area contributed by atoms with Crippen LogP contribution in [0.15, 0.2) is 0 Å². The molecule has 0 saturated carbocycles. The van der Waals surface area contributed by atoms with Crippen LogP contribution in [0.1, 0.15) is 36.2 Å². The Kier molecular flexibility index (Phi) is 4.69. The highest BCUT2D eigenvalue weighted by atomic mass is 32.1. The highest BCUT2D eigenvalue weighted by Crippen LogP contribution is 2.19. The Morgan fingerprint density at radius 1 is 1.44 bits per heavy atom. The lowest BCUT2D eigenvalue weighted by atomic mass is 10.2. The Balaban J connectivity index is 1.77. The molecule has 0 aliphatic carbocycles. The maximum absolute atomic E-state index is 5.59. The topological polar surface area (TPSA) is 47.0 Å². The van der Waals surface area contributed by atoms with Crippen molar-refractivity contribution in [2.24, 2.45) is 0 Å². The van der Waals surface area contributed by atoms with Gasteiger partial charge in [0.2, 0.25) is 0 Å². The second-order valence-electron chi connectivity index (χ2n) is 4.11. The van der Waals surface area contributed by atoms with E-state index in [4.69, 9.17) is 4.74 Å². The van der Waals surface area contributed by atoms with E-state index in [2.05, 4.69) is 22.4 Å². The van der Waals surface area contributed by atoms with Crippen molar-refractivity contribution in [1.82, 2.24) is 15.5 Å². The Bertz CT molecular complexity index is 310. The first-order chi connectivity index (χ1) is 7.88. The van der Waals surface area contributed by atoms with Gasteiger partial charge in [0.1, 0.15) is 10.0 Å². The molecule has 1 fully saturated rings. The van der Waals surface area contributed by atoms with Crippen LogP contribution in [0.4, 0.5) is 0 Å². The van der Waals surface area contributed by atoms with Gasteiger partial charge in [-0.25, -0.2) is 0 Å². The molecule has 1 saturated heterocycles. The Morgan fingerprint density at radius 2 is 2.31 bits per heavy atom. The van der Waals surface area contributed by atoms with Crippen LogP contribution >= 0.6 is 11.3 Å². The quantitative estimate of drug-likeness (QED) is 0.771. The van der Waals surface area contributed by atoms with Gasteiger partial charge in [-0.1, -0.05) is 6.92 Å². The summed E-state index contributed by atoms with van der Waals surface area (Å²) in [5, 5.41) is 13.9. The maximum atomic E-state index is 5.59. The van der Waals surface area contributed by atoms with Crippen LogP contribution in [0.2, 0.25) is 0 Å². The van der Waals surface area contributed by atoms with Gasteiger partial charge in [0.15, 0.2) is 0 Å². The fourth-order valence-electron chi connectivity index (χ4n) is 1.81. The number of hydrogen-bond acceptors (Lipinski definition) is 5. The van der Waals surface area contributed by atoms with Crippen LogP contribution in [0, 0.1) is 0 Å². The normalized spacial score (nSPS) is 20.4. The highest BCUT2D eigenvalue weighted by Gasteiger charge is 2.18. The number of nitrogens with zero attached hydrogens (tertiary/aromatic N) is 2. The molecule has 1 aliphatic heterocycles. The predicted octanol–water partition coefficient (Wildman–Crippen LogP) is 1.76. The molecule has 90 valence electrons. The van der Waals surface area contributed by atoms with Crippen molar-refractivity contribution in [3.05, 3.63) is 10.0 Å². The zero-order valence-corrected chi connectivity index (χ0v) is 10.6. The summed E-state index contributed by atoms with van der Waals surface area (Å²) < 4.78 is 5.59. The molecule has 1 atom stereocenters. The molecule has 0 bridgehead atoms. The Labute approximate surface area is 100 Å². The van der Waals surface area contributed by atoms with Gasteiger partial charge in [-0.2, -0.15) is 0 Å². The Hall–Kier alpha value is -0.520. The van der Waals surface area contributed by atoms with Gasteiger partial charge in [-0.15, -0.1) is 21.5 Å². The van der Waals surface area contributed by atoms with Gasteiger partial charge in [-0.3, -0.25) is 0 Å². The summed E-state index contributed by atoms with van der Waals surface area (Å²) >= 11 is 1.71. The Morgan fingerprint density at radius 3 is 3.06 bits per heavy atom. The molecule has 1 N–H and O–H groups in total. The lowest BCUT2D eigenvalue weighted by molar-refractivity contribution is 0.111. The zero-order valence-electron chi connectivity index (χ0n) is 9.74. The van der Waals surface area contributed by atoms with Crippen molar-refractivity contribution >= 4 is 11.3 Å². The second-order valence-corrected chi connectivity index (χ2v) is 5.25. The van der Waals surface area contributed by atoms with E-state index in [0.29, 0.717) is 6.10 Å². The van der Waals surface area contributed by atoms with Crippen molar-refractivity contribution in [3.8, 4) is 0 Å². The molecule has 0 spiro atoms. The van der Waals surface area contributed by atoms with Crippen molar-refractivity contribution < 1.29 is 4.74 Å². The highest BCUT2D eigenvalue weighted by molar-refractivity contribution is 7.11. The molecule has 1 aliphatic rings. The molecule has 2 heterocycles. The molecular formula is C11H19N3OS. The smallest absolute Gasteiger partial charge is 0.131 e. The van der Waals surface area contributed by atoms with E-state index in [1.807, 2.05) is 0 Å². The monoisotopic (exact) mass is 241 g/mol. The van der Waals surface area contributed by atoms with Crippen molar-refractivity contribution in [1.29, 1.82) is 0 Å². The molecule has 0 amide bonds. The largest absolute Gasteiger partial charge is 0.378 e. The van der Waals surface area contributed by atoms with Crippen LogP contribution in [0.5, 0.6) is 0 Å². The van der Waals surface area contributed by atoms with Crippen LogP contribution in [0.3, 0.4) is 0 Å². The third-order valence-corrected chi connectivity index (χ3v) is 3.58. The van der Waals surface area contributed by atoms with Gasteiger partial charge in [0, 0.05) is 19.6 Å². The van der Waals surface area contributed by atoms with E-state index in [9.17, 15) is 0 Å². The fourth-order valence-corrected chi connectivity index (χ4v) is 2.69. The van der Waals surface area contributed by atoms with Gasteiger partial charge < -0.3 is 10.1 Å². The molecule has 4 nitrogen and oxygen atoms in total. The van der Waals surface area contributed by atoms with E-state index in [1.54, 1.807) is 11.3 Å². The van der Waals surface area contributed by atoms with Crippen LogP contribution in [-0.2, 0) is 17.7 Å². The third kappa shape index (κ3) is 3.50. The minimum absolute atomic E-state index is 0.379. The van der Waals surface area contributed by atoms with Crippen LogP contribution < -0.4 is 5.32 Å². The number of aromatic nitrogens is 2. The zero-order chi connectivity index (χ0) is 11.2. The molecule has 1 aromatic rings. The summed E-state index contributed by atoms with van der Waals surface area (Å²) in [6, 6.07) is 0. The van der Waals surface area contributed by atoms with E-state index in [1.165, 1.54) is 12.8 Å². The lowest BCUT2D eigenvalue weighted by Crippen LogP contribution is -2.13. The van der Waals surface area contributed by atoms with E-state index in [-0.39, 0.29) is 0 Å². The molecule has 0 radical (unpaired) electrons. The minimum Gasteiger partial charge on any atom is -0.378 e. The number of hydrogen-bond donors (Lipinski definition) is 1. The molecule has 1 unspecified atom stereocenters. The summed E-state index contributed by atoms with van der Waals surface area (Å²) in [4.78, 5) is 0. The number of rotatable bonds is 6. The van der Waals surface area contributed by atoms with Crippen molar-refractivity contribution in [3.63, 3.8) is 0 Å². The van der Waals surface area contributed by atoms with E-state index >= 15 is 0 Å². The van der Waals surface area contributed by atoms with Gasteiger partial charge in [0.05, 0.1) is 6.10 Å². The van der Waals surface area contributed by atoms with Crippen LogP contribution in [-0.4, -0.2) is 29.5 Å². The summed E-state index contributed by atoms with van der Waals surface area (Å²) in [6.45, 7) is 4.96. The predicted molar refractivity (Wildman–Crippen MR) is 64.6 cm³/mol. The van der Waals surface area contributed by atoms with E-state index in [0.717, 1.165) is 42.6 Å². The van der Waals surface area contributed by atoms with Crippen molar-refractivity contribution in [2.75, 3.05) is 13.2 Å². The molecule has 1 aromatic heterocycles. The average molecular weight is 241 g/mol. The minimum atomic E-state index is 0.379. The molecule has 5 heteroatoms. The summed E-state index contributed by atoms with van der Waals surface area (Å²) in [6.07, 6.45) is 4.83. The molecule has 0 aromatic carbocycles.